The maximum atomic E-state index is 13.1. The Morgan fingerprint density at radius 1 is 0.625 bits per heavy atom. The second kappa shape index (κ2) is 8.23. The van der Waals surface area contributed by atoms with Crippen molar-refractivity contribution in [2.75, 3.05) is 11.5 Å². The molecule has 0 N–H and O–H groups in total. The molecule has 2 fully saturated rings. The third-order valence-electron chi connectivity index (χ3n) is 6.44. The number of aromatic nitrogens is 4. The topological polar surface area (TPSA) is 53.9 Å². The summed E-state index contributed by atoms with van der Waals surface area (Å²) in [5, 5.41) is 1.15. The van der Waals surface area contributed by atoms with E-state index in [0.717, 1.165) is 59.5 Å². The van der Waals surface area contributed by atoms with E-state index in [9.17, 15) is 9.59 Å². The third kappa shape index (κ3) is 3.73. The highest BCUT2D eigenvalue weighted by Gasteiger charge is 2.26. The van der Waals surface area contributed by atoms with Crippen molar-refractivity contribution in [3.05, 3.63) is 69.5 Å². The van der Waals surface area contributed by atoms with E-state index in [0.29, 0.717) is 23.6 Å². The van der Waals surface area contributed by atoms with Crippen LogP contribution in [0.5, 0.6) is 0 Å². The Morgan fingerprint density at radius 2 is 0.969 bits per heavy atom. The van der Waals surface area contributed by atoms with Crippen LogP contribution in [0.15, 0.2) is 58.1 Å². The molecule has 2 unspecified atom stereocenters. The lowest BCUT2D eigenvalue weighted by molar-refractivity contribution is 0.533. The predicted molar refractivity (Wildman–Crippen MR) is 134 cm³/mol. The summed E-state index contributed by atoms with van der Waals surface area (Å²) in [6.07, 6.45) is 1.72. The second-order valence-electron chi connectivity index (χ2n) is 8.68. The largest absolute Gasteiger partial charge is 0.329 e. The summed E-state index contributed by atoms with van der Waals surface area (Å²) in [6.45, 7) is 2.95. The van der Waals surface area contributed by atoms with Crippen LogP contribution in [0, 0.1) is 0 Å². The zero-order chi connectivity index (χ0) is 21.7. The van der Waals surface area contributed by atoms with Crippen LogP contribution < -0.4 is 11.4 Å². The molecular formula is C24H26N4O2S2. The molecule has 0 aliphatic carbocycles. The van der Waals surface area contributed by atoms with Gasteiger partial charge in [-0.05, 0) is 37.1 Å². The normalized spacial score (nSPS) is 19.8. The number of fused-ring (bicyclic) bond motifs is 2. The number of aryl methyl sites for hydroxylation is 2. The summed E-state index contributed by atoms with van der Waals surface area (Å²) in [4.78, 5) is 26.2. The van der Waals surface area contributed by atoms with E-state index in [4.69, 9.17) is 0 Å². The average molecular weight is 467 g/mol. The number of nitrogens with zero attached hydrogens (tertiary/aromatic N) is 4. The lowest BCUT2D eigenvalue weighted by atomic mass is 10.2. The molecule has 2 atom stereocenters. The first kappa shape index (κ1) is 20.3. The fourth-order valence-corrected chi connectivity index (χ4v) is 5.62. The molecule has 0 bridgehead atoms. The number of rotatable bonds is 9. The van der Waals surface area contributed by atoms with Crippen LogP contribution in [-0.2, 0) is 26.2 Å². The lowest BCUT2D eigenvalue weighted by Crippen LogP contribution is -2.27. The van der Waals surface area contributed by atoms with Crippen LogP contribution in [0.3, 0.4) is 0 Å². The van der Waals surface area contributed by atoms with E-state index in [1.165, 1.54) is 0 Å². The Labute approximate surface area is 194 Å². The van der Waals surface area contributed by atoms with Gasteiger partial charge in [-0.25, -0.2) is 9.59 Å². The van der Waals surface area contributed by atoms with Crippen LogP contribution in [0.2, 0.25) is 0 Å². The van der Waals surface area contributed by atoms with E-state index in [-0.39, 0.29) is 11.4 Å². The molecule has 6 rings (SSSR count). The minimum atomic E-state index is 0.0920. The first-order valence-electron chi connectivity index (χ1n) is 11.3. The molecule has 6 nitrogen and oxygen atoms in total. The Bertz CT molecular complexity index is 1300. The van der Waals surface area contributed by atoms with Crippen molar-refractivity contribution >= 4 is 45.6 Å². The maximum Gasteiger partial charge on any atom is 0.329 e. The monoisotopic (exact) mass is 466 g/mol. The average Bonchev–Trinajstić information content (AvgIpc) is 3.73. The minimum Gasteiger partial charge on any atom is -0.292 e. The molecular weight excluding hydrogens is 440 g/mol. The molecule has 0 saturated carbocycles. The van der Waals surface area contributed by atoms with Gasteiger partial charge in [0.05, 0.1) is 22.1 Å². The Kier molecular flexibility index (Phi) is 5.22. The standard InChI is InChI=1S/C24H26N4O2S2/c29-23-25(19-7-1-3-9-21(19)27(23)13-17-15-31-17)11-5-6-12-26-20-8-2-4-10-22(20)28(24(26)30)14-18-16-32-18/h1-4,7-10,17-18H,5-6,11-16H2. The van der Waals surface area contributed by atoms with Crippen molar-refractivity contribution in [1.29, 1.82) is 0 Å². The van der Waals surface area contributed by atoms with Gasteiger partial charge in [0.2, 0.25) is 0 Å². The number of thioether (sulfide) groups is 2. The number of imidazole rings is 2. The molecule has 2 aromatic heterocycles. The third-order valence-corrected chi connectivity index (χ3v) is 8.35. The molecule has 0 amide bonds. The van der Waals surface area contributed by atoms with E-state index in [1.54, 1.807) is 0 Å². The van der Waals surface area contributed by atoms with Gasteiger partial charge < -0.3 is 0 Å². The summed E-state index contributed by atoms with van der Waals surface area (Å²) >= 11 is 3.83. The van der Waals surface area contributed by atoms with Gasteiger partial charge >= 0.3 is 11.4 Å². The summed E-state index contributed by atoms with van der Waals surface area (Å²) in [7, 11) is 0. The van der Waals surface area contributed by atoms with Crippen LogP contribution >= 0.6 is 23.5 Å². The molecule has 32 heavy (non-hydrogen) atoms. The van der Waals surface area contributed by atoms with Crippen LogP contribution in [0.4, 0.5) is 0 Å². The molecule has 2 aliphatic heterocycles. The minimum absolute atomic E-state index is 0.0920. The highest BCUT2D eigenvalue weighted by Crippen LogP contribution is 2.32. The van der Waals surface area contributed by atoms with Crippen molar-refractivity contribution in [3.8, 4) is 0 Å². The van der Waals surface area contributed by atoms with Gasteiger partial charge in [-0.3, -0.25) is 18.3 Å². The van der Waals surface area contributed by atoms with Crippen molar-refractivity contribution in [2.45, 2.75) is 49.5 Å². The fraction of sp³-hybridized carbons (Fsp3) is 0.417. The van der Waals surface area contributed by atoms with Gasteiger partial charge in [0.15, 0.2) is 0 Å². The number of benzene rings is 2. The smallest absolute Gasteiger partial charge is 0.292 e. The van der Waals surface area contributed by atoms with Gasteiger partial charge in [0, 0.05) is 48.2 Å². The highest BCUT2D eigenvalue weighted by atomic mass is 32.2. The summed E-state index contributed by atoms with van der Waals surface area (Å²) in [6, 6.07) is 16.2. The van der Waals surface area contributed by atoms with Crippen LogP contribution in [0.25, 0.3) is 22.1 Å². The highest BCUT2D eigenvalue weighted by molar-refractivity contribution is 8.07. The van der Waals surface area contributed by atoms with E-state index in [1.807, 2.05) is 90.3 Å². The quantitative estimate of drug-likeness (QED) is 0.279. The molecule has 166 valence electrons. The second-order valence-corrected chi connectivity index (χ2v) is 11.4. The molecule has 2 saturated heterocycles. The number of hydrogen-bond donors (Lipinski definition) is 0. The first-order chi connectivity index (χ1) is 15.7. The predicted octanol–water partition coefficient (Wildman–Crippen LogP) is 3.63. The molecule has 8 heteroatoms. The van der Waals surface area contributed by atoms with Crippen molar-refractivity contribution < 1.29 is 0 Å². The molecule has 0 radical (unpaired) electrons. The first-order valence-corrected chi connectivity index (χ1v) is 13.4. The molecule has 0 spiro atoms. The summed E-state index contributed by atoms with van der Waals surface area (Å²) in [5.74, 6) is 2.29. The fourth-order valence-electron chi connectivity index (χ4n) is 4.62. The molecule has 4 heterocycles. The molecule has 2 aromatic carbocycles. The maximum absolute atomic E-state index is 13.1. The van der Waals surface area contributed by atoms with Crippen molar-refractivity contribution in [2.24, 2.45) is 0 Å². The Balaban J connectivity index is 1.21. The molecule has 2 aliphatic rings. The number of unbranched alkanes of at least 4 members (excludes halogenated alkanes) is 1. The van der Waals surface area contributed by atoms with E-state index < -0.39 is 0 Å². The van der Waals surface area contributed by atoms with E-state index >= 15 is 0 Å². The molecule has 4 aromatic rings. The lowest BCUT2D eigenvalue weighted by Gasteiger charge is -2.05. The van der Waals surface area contributed by atoms with Crippen LogP contribution in [0.1, 0.15) is 12.8 Å². The number of hydrogen-bond acceptors (Lipinski definition) is 4. The van der Waals surface area contributed by atoms with Gasteiger partial charge in [0.1, 0.15) is 0 Å². The van der Waals surface area contributed by atoms with Crippen molar-refractivity contribution in [1.82, 2.24) is 18.3 Å². The Morgan fingerprint density at radius 3 is 1.31 bits per heavy atom. The Hall–Kier alpha value is -2.32. The summed E-state index contributed by atoms with van der Waals surface area (Å²) < 4.78 is 7.71. The van der Waals surface area contributed by atoms with Crippen LogP contribution in [-0.4, -0.2) is 40.3 Å². The van der Waals surface area contributed by atoms with Gasteiger partial charge in [-0.2, -0.15) is 23.5 Å². The van der Waals surface area contributed by atoms with E-state index in [2.05, 4.69) is 0 Å². The van der Waals surface area contributed by atoms with Gasteiger partial charge in [0.25, 0.3) is 0 Å². The zero-order valence-corrected chi connectivity index (χ0v) is 19.5. The zero-order valence-electron chi connectivity index (χ0n) is 17.9. The summed E-state index contributed by atoms with van der Waals surface area (Å²) in [5.41, 5.74) is 4.27. The SMILES string of the molecule is O=c1n(CCCCn2c(=O)n(CC3CS3)c3ccccc32)c2ccccc2n1CC1CS1. The number of para-hydroxylation sites is 4. The van der Waals surface area contributed by atoms with Gasteiger partial charge in [-0.15, -0.1) is 0 Å². The van der Waals surface area contributed by atoms with Gasteiger partial charge in [-0.1, -0.05) is 24.3 Å². The van der Waals surface area contributed by atoms with Crippen molar-refractivity contribution in [3.63, 3.8) is 0 Å².